The number of piperidine rings is 1. The molecule has 1 aromatic carbocycles. The van der Waals surface area contributed by atoms with Gasteiger partial charge in [0.15, 0.2) is 11.5 Å². The maximum atomic E-state index is 13.1. The molecule has 0 unspecified atom stereocenters. The fraction of sp³-hybridized carbons (Fsp3) is 0.368. The summed E-state index contributed by atoms with van der Waals surface area (Å²) < 4.78 is 41.1. The SMILES string of the molecule is COc1ncnc(OC)c1-n1c(NS(=O)(=O)[C@@H]2CCCNC2)nnc1-c1ccccc1. The maximum absolute atomic E-state index is 13.1. The first-order valence-electron chi connectivity index (χ1n) is 9.71. The van der Waals surface area contributed by atoms with Crippen molar-refractivity contribution in [1.82, 2.24) is 30.0 Å². The van der Waals surface area contributed by atoms with Crippen LogP contribution in [-0.2, 0) is 10.0 Å². The number of nitrogens with one attached hydrogen (secondary N) is 2. The predicted octanol–water partition coefficient (Wildman–Crippen LogP) is 1.24. The van der Waals surface area contributed by atoms with E-state index in [1.165, 1.54) is 25.1 Å². The molecule has 0 radical (unpaired) electrons. The fourth-order valence-corrected chi connectivity index (χ4v) is 4.84. The standard InChI is InChI=1S/C19H23N7O4S/c1-29-17-15(18(30-2)22-12-21-17)26-16(13-7-4-3-5-8-13)23-24-19(26)25-31(27,28)14-9-6-10-20-11-14/h3-5,7-8,12,14,20H,6,9-11H2,1-2H3,(H,24,25)/t14-/m1/s1. The van der Waals surface area contributed by atoms with Gasteiger partial charge in [0.25, 0.3) is 0 Å². The highest BCUT2D eigenvalue weighted by Gasteiger charge is 2.31. The maximum Gasteiger partial charge on any atom is 0.245 e. The summed E-state index contributed by atoms with van der Waals surface area (Å²) in [6.45, 7) is 1.17. The molecular formula is C19H23N7O4S. The van der Waals surface area contributed by atoms with E-state index in [4.69, 9.17) is 9.47 Å². The largest absolute Gasteiger partial charge is 0.479 e. The first kappa shape index (κ1) is 21.0. The first-order valence-corrected chi connectivity index (χ1v) is 11.3. The summed E-state index contributed by atoms with van der Waals surface area (Å²) in [4.78, 5) is 8.29. The summed E-state index contributed by atoms with van der Waals surface area (Å²) in [5.41, 5.74) is 1.00. The fourth-order valence-electron chi connectivity index (χ4n) is 3.47. The van der Waals surface area contributed by atoms with Crippen LogP contribution in [0.25, 0.3) is 17.1 Å². The lowest BCUT2D eigenvalue weighted by molar-refractivity contribution is 0.368. The van der Waals surface area contributed by atoms with E-state index in [2.05, 4.69) is 30.2 Å². The molecule has 4 rings (SSSR count). The number of nitrogens with zero attached hydrogens (tertiary/aromatic N) is 5. The second-order valence-electron chi connectivity index (χ2n) is 6.90. The lowest BCUT2D eigenvalue weighted by atomic mass is 10.2. The molecule has 0 spiro atoms. The molecule has 11 nitrogen and oxygen atoms in total. The second-order valence-corrected chi connectivity index (χ2v) is 8.87. The number of hydrogen-bond acceptors (Lipinski definition) is 9. The molecule has 1 fully saturated rings. The average molecular weight is 446 g/mol. The van der Waals surface area contributed by atoms with Gasteiger partial charge in [0.2, 0.25) is 27.7 Å². The predicted molar refractivity (Wildman–Crippen MR) is 114 cm³/mol. The van der Waals surface area contributed by atoms with Crippen molar-refractivity contribution in [2.24, 2.45) is 0 Å². The number of aromatic nitrogens is 5. The Morgan fingerprint density at radius 1 is 1.10 bits per heavy atom. The van der Waals surface area contributed by atoms with E-state index in [9.17, 15) is 8.42 Å². The van der Waals surface area contributed by atoms with Crippen LogP contribution in [0.3, 0.4) is 0 Å². The zero-order valence-electron chi connectivity index (χ0n) is 17.1. The van der Waals surface area contributed by atoms with Crippen LogP contribution in [-0.4, -0.2) is 65.7 Å². The third-order valence-electron chi connectivity index (χ3n) is 4.98. The zero-order chi connectivity index (χ0) is 21.8. The van der Waals surface area contributed by atoms with Crippen molar-refractivity contribution in [2.45, 2.75) is 18.1 Å². The molecule has 164 valence electrons. The summed E-state index contributed by atoms with van der Waals surface area (Å²) in [7, 11) is -0.826. The van der Waals surface area contributed by atoms with E-state index in [0.717, 1.165) is 13.0 Å². The Labute approximate surface area is 179 Å². The van der Waals surface area contributed by atoms with Gasteiger partial charge in [0, 0.05) is 12.1 Å². The van der Waals surface area contributed by atoms with Crippen LogP contribution in [0, 0.1) is 0 Å². The monoisotopic (exact) mass is 445 g/mol. The minimum absolute atomic E-state index is 0.00386. The summed E-state index contributed by atoms with van der Waals surface area (Å²) in [6.07, 6.45) is 2.63. The number of hydrogen-bond donors (Lipinski definition) is 2. The third kappa shape index (κ3) is 4.16. The minimum Gasteiger partial charge on any atom is -0.479 e. The molecule has 2 aromatic heterocycles. The van der Waals surface area contributed by atoms with E-state index in [0.29, 0.717) is 24.4 Å². The van der Waals surface area contributed by atoms with Crippen molar-refractivity contribution in [1.29, 1.82) is 0 Å². The van der Waals surface area contributed by atoms with Gasteiger partial charge in [-0.25, -0.2) is 8.42 Å². The lowest BCUT2D eigenvalue weighted by Crippen LogP contribution is -2.41. The molecule has 1 aliphatic rings. The Kier molecular flexibility index (Phi) is 6.00. The van der Waals surface area contributed by atoms with Crippen LogP contribution < -0.4 is 19.5 Å². The van der Waals surface area contributed by atoms with Gasteiger partial charge in [-0.05, 0) is 19.4 Å². The molecule has 12 heteroatoms. The van der Waals surface area contributed by atoms with Crippen LogP contribution in [0.15, 0.2) is 36.7 Å². The van der Waals surface area contributed by atoms with Crippen molar-refractivity contribution in [3.05, 3.63) is 36.7 Å². The third-order valence-corrected chi connectivity index (χ3v) is 6.73. The van der Waals surface area contributed by atoms with E-state index in [-0.39, 0.29) is 23.4 Å². The second kappa shape index (κ2) is 8.86. The number of benzene rings is 1. The van der Waals surface area contributed by atoms with Gasteiger partial charge in [-0.15, -0.1) is 10.2 Å². The molecule has 2 N–H and O–H groups in total. The number of methoxy groups -OCH3 is 2. The molecule has 0 aliphatic carbocycles. The van der Waals surface area contributed by atoms with Gasteiger partial charge in [0.05, 0.1) is 19.5 Å². The quantitative estimate of drug-likeness (QED) is 0.551. The van der Waals surface area contributed by atoms with Crippen molar-refractivity contribution in [2.75, 3.05) is 32.0 Å². The molecule has 0 saturated carbocycles. The molecule has 31 heavy (non-hydrogen) atoms. The van der Waals surface area contributed by atoms with Gasteiger partial charge in [0.1, 0.15) is 6.33 Å². The Bertz CT molecular complexity index is 1120. The molecule has 3 heterocycles. The van der Waals surface area contributed by atoms with Gasteiger partial charge < -0.3 is 14.8 Å². The van der Waals surface area contributed by atoms with Gasteiger partial charge in [-0.3, -0.25) is 9.29 Å². The number of anilines is 1. The van der Waals surface area contributed by atoms with Gasteiger partial charge in [-0.1, -0.05) is 30.3 Å². The molecule has 3 aromatic rings. The molecule has 1 aliphatic heterocycles. The van der Waals surface area contributed by atoms with Crippen LogP contribution >= 0.6 is 0 Å². The molecular weight excluding hydrogens is 422 g/mol. The Balaban J connectivity index is 1.88. The van der Waals surface area contributed by atoms with E-state index in [1.807, 2.05) is 30.3 Å². The summed E-state index contributed by atoms with van der Waals surface area (Å²) in [5.74, 6) is 0.745. The van der Waals surface area contributed by atoms with Gasteiger partial charge >= 0.3 is 0 Å². The number of sulfonamides is 1. The van der Waals surface area contributed by atoms with Crippen molar-refractivity contribution in [3.8, 4) is 28.8 Å². The Morgan fingerprint density at radius 3 is 2.42 bits per heavy atom. The molecule has 1 saturated heterocycles. The van der Waals surface area contributed by atoms with Crippen LogP contribution in [0.2, 0.25) is 0 Å². The first-order chi connectivity index (χ1) is 15.0. The Morgan fingerprint density at radius 2 is 1.81 bits per heavy atom. The van der Waals surface area contributed by atoms with Crippen molar-refractivity contribution in [3.63, 3.8) is 0 Å². The highest BCUT2D eigenvalue weighted by molar-refractivity contribution is 7.93. The Hall–Kier alpha value is -3.25. The van der Waals surface area contributed by atoms with E-state index < -0.39 is 15.3 Å². The average Bonchev–Trinajstić information content (AvgIpc) is 3.21. The highest BCUT2D eigenvalue weighted by Crippen LogP contribution is 2.35. The summed E-state index contributed by atoms with van der Waals surface area (Å²) in [5, 5.41) is 10.9. The van der Waals surface area contributed by atoms with Crippen LogP contribution in [0.5, 0.6) is 11.8 Å². The highest BCUT2D eigenvalue weighted by atomic mass is 32.2. The molecule has 1 atom stereocenters. The van der Waals surface area contributed by atoms with Crippen LogP contribution in [0.4, 0.5) is 5.95 Å². The number of ether oxygens (including phenoxy) is 2. The summed E-state index contributed by atoms with van der Waals surface area (Å²) >= 11 is 0. The van der Waals surface area contributed by atoms with Crippen LogP contribution in [0.1, 0.15) is 12.8 Å². The topological polar surface area (TPSA) is 133 Å². The van der Waals surface area contributed by atoms with Crippen molar-refractivity contribution >= 4 is 16.0 Å². The zero-order valence-corrected chi connectivity index (χ0v) is 18.0. The van der Waals surface area contributed by atoms with E-state index in [1.54, 1.807) is 0 Å². The van der Waals surface area contributed by atoms with Crippen molar-refractivity contribution < 1.29 is 17.9 Å². The van der Waals surface area contributed by atoms with Gasteiger partial charge in [-0.2, -0.15) is 9.97 Å². The minimum atomic E-state index is -3.73. The molecule has 0 amide bonds. The normalized spacial score (nSPS) is 16.6. The molecule has 0 bridgehead atoms. The number of rotatable bonds is 7. The smallest absolute Gasteiger partial charge is 0.245 e. The summed E-state index contributed by atoms with van der Waals surface area (Å²) in [6, 6.07) is 9.25. The lowest BCUT2D eigenvalue weighted by Gasteiger charge is -2.23. The van der Waals surface area contributed by atoms with E-state index >= 15 is 0 Å².